The smallest absolute Gasteiger partial charge is 0.287 e. The second kappa shape index (κ2) is 5.94. The topological polar surface area (TPSA) is 82.7 Å². The highest BCUT2D eigenvalue weighted by Gasteiger charge is 2.20. The lowest BCUT2D eigenvalue weighted by Gasteiger charge is -2.35. The molecule has 1 saturated heterocycles. The van der Waals surface area contributed by atoms with E-state index in [4.69, 9.17) is 5.11 Å². The number of anilines is 1. The molecular weight excluding hydrogens is 248 g/mol. The fourth-order valence-corrected chi connectivity index (χ4v) is 2.31. The first-order chi connectivity index (χ1) is 9.11. The van der Waals surface area contributed by atoms with E-state index >= 15 is 0 Å². The largest absolute Gasteiger partial charge is 0.395 e. The summed E-state index contributed by atoms with van der Waals surface area (Å²) in [5.74, 6) is 0.814. The maximum Gasteiger partial charge on any atom is 0.287 e. The number of β-amino-alcohol motifs (C(OH)–C–C–N with tert-alkyl or cyclic N) is 1. The highest BCUT2D eigenvalue weighted by atomic mass is 16.6. The van der Waals surface area contributed by atoms with E-state index < -0.39 is 4.92 Å². The average Bonchev–Trinajstić information content (AvgIpc) is 2.40. The van der Waals surface area contributed by atoms with Crippen molar-refractivity contribution in [3.8, 4) is 0 Å². The minimum Gasteiger partial charge on any atom is -0.395 e. The molecule has 1 fully saturated rings. The Morgan fingerprint density at radius 2 is 2.11 bits per heavy atom. The summed E-state index contributed by atoms with van der Waals surface area (Å²) in [6, 6.07) is 1.56. The average molecular weight is 266 g/mol. The summed E-state index contributed by atoms with van der Waals surface area (Å²) in [5, 5.41) is 19.6. The van der Waals surface area contributed by atoms with Crippen molar-refractivity contribution in [2.45, 2.75) is 6.92 Å². The van der Waals surface area contributed by atoms with Crippen LogP contribution in [0.25, 0.3) is 0 Å². The van der Waals surface area contributed by atoms with Gasteiger partial charge in [-0.1, -0.05) is 0 Å². The number of pyridine rings is 1. The molecular formula is C12H18N4O3. The van der Waals surface area contributed by atoms with Gasteiger partial charge in [0.15, 0.2) is 0 Å². The quantitative estimate of drug-likeness (QED) is 0.628. The van der Waals surface area contributed by atoms with E-state index in [0.29, 0.717) is 6.54 Å². The Kier molecular flexibility index (Phi) is 4.28. The van der Waals surface area contributed by atoms with Crippen LogP contribution < -0.4 is 4.90 Å². The highest BCUT2D eigenvalue weighted by Crippen LogP contribution is 2.22. The minimum atomic E-state index is -0.428. The first-order valence-electron chi connectivity index (χ1n) is 6.31. The number of aromatic nitrogens is 1. The molecule has 1 aromatic heterocycles. The molecule has 2 heterocycles. The molecule has 7 nitrogen and oxygen atoms in total. The monoisotopic (exact) mass is 266 g/mol. The lowest BCUT2D eigenvalue weighted by Crippen LogP contribution is -2.47. The van der Waals surface area contributed by atoms with E-state index in [1.807, 2.05) is 6.92 Å². The van der Waals surface area contributed by atoms with Gasteiger partial charge >= 0.3 is 0 Å². The van der Waals surface area contributed by atoms with E-state index in [-0.39, 0.29) is 12.3 Å². The van der Waals surface area contributed by atoms with Gasteiger partial charge in [0.2, 0.25) is 0 Å². The van der Waals surface area contributed by atoms with E-state index in [1.54, 1.807) is 6.07 Å². The van der Waals surface area contributed by atoms with Crippen LogP contribution >= 0.6 is 0 Å². The van der Waals surface area contributed by atoms with Crippen LogP contribution in [0, 0.1) is 17.0 Å². The number of hydrogen-bond donors (Lipinski definition) is 1. The molecule has 0 bridgehead atoms. The lowest BCUT2D eigenvalue weighted by atomic mass is 10.2. The van der Waals surface area contributed by atoms with Crippen molar-refractivity contribution in [3.05, 3.63) is 27.9 Å². The lowest BCUT2D eigenvalue weighted by molar-refractivity contribution is -0.385. The van der Waals surface area contributed by atoms with Gasteiger partial charge < -0.3 is 10.0 Å². The molecule has 0 aromatic carbocycles. The molecule has 0 radical (unpaired) electrons. The number of rotatable bonds is 4. The van der Waals surface area contributed by atoms with Gasteiger partial charge in [-0.05, 0) is 12.5 Å². The van der Waals surface area contributed by atoms with Crippen LogP contribution in [0.3, 0.4) is 0 Å². The maximum atomic E-state index is 10.7. The number of nitro groups is 1. The van der Waals surface area contributed by atoms with E-state index in [9.17, 15) is 10.1 Å². The third-order valence-electron chi connectivity index (χ3n) is 3.34. The minimum absolute atomic E-state index is 0.0279. The predicted molar refractivity (Wildman–Crippen MR) is 71.4 cm³/mol. The van der Waals surface area contributed by atoms with E-state index in [2.05, 4.69) is 14.8 Å². The number of piperazine rings is 1. The van der Waals surface area contributed by atoms with Crippen molar-refractivity contribution in [2.24, 2.45) is 0 Å². The molecule has 0 amide bonds. The first-order valence-corrected chi connectivity index (χ1v) is 6.31. The third kappa shape index (κ3) is 3.18. The molecule has 1 aromatic rings. The summed E-state index contributed by atoms with van der Waals surface area (Å²) in [5.41, 5.74) is 0.852. The molecule has 19 heavy (non-hydrogen) atoms. The zero-order chi connectivity index (χ0) is 13.8. The molecule has 2 rings (SSSR count). The van der Waals surface area contributed by atoms with Gasteiger partial charge in [-0.2, -0.15) is 0 Å². The second-order valence-electron chi connectivity index (χ2n) is 4.64. The van der Waals surface area contributed by atoms with Crippen molar-refractivity contribution in [1.82, 2.24) is 9.88 Å². The molecule has 1 N–H and O–H groups in total. The number of aliphatic hydroxyl groups excluding tert-OH is 1. The van der Waals surface area contributed by atoms with Crippen molar-refractivity contribution in [1.29, 1.82) is 0 Å². The number of hydrogen-bond acceptors (Lipinski definition) is 6. The summed E-state index contributed by atoms with van der Waals surface area (Å²) in [4.78, 5) is 18.8. The molecule has 1 aliphatic rings. The summed E-state index contributed by atoms with van der Waals surface area (Å²) < 4.78 is 0. The SMILES string of the molecule is Cc1cc([N+](=O)[O-])cnc1N1CCN(CCO)CC1. The number of aryl methyl sites for hydroxylation is 1. The Balaban J connectivity index is 2.05. The number of nitrogens with zero attached hydrogens (tertiary/aromatic N) is 4. The molecule has 0 atom stereocenters. The zero-order valence-electron chi connectivity index (χ0n) is 10.9. The second-order valence-corrected chi connectivity index (χ2v) is 4.64. The predicted octanol–water partition coefficient (Wildman–Crippen LogP) is 0.413. The van der Waals surface area contributed by atoms with Crippen LogP contribution in [-0.4, -0.2) is 59.2 Å². The van der Waals surface area contributed by atoms with E-state index in [1.165, 1.54) is 6.20 Å². The molecule has 104 valence electrons. The molecule has 0 aliphatic carbocycles. The van der Waals surface area contributed by atoms with Gasteiger partial charge in [-0.3, -0.25) is 15.0 Å². The standard InChI is InChI=1S/C12H18N4O3/c1-10-8-11(16(18)19)9-13-12(10)15-4-2-14(3-5-15)6-7-17/h8-9,17H,2-7H2,1H3. The Morgan fingerprint density at radius 3 is 2.63 bits per heavy atom. The summed E-state index contributed by atoms with van der Waals surface area (Å²) in [7, 11) is 0. The van der Waals surface area contributed by atoms with Crippen molar-refractivity contribution in [3.63, 3.8) is 0 Å². The zero-order valence-corrected chi connectivity index (χ0v) is 10.9. The van der Waals surface area contributed by atoms with Crippen molar-refractivity contribution >= 4 is 11.5 Å². The molecule has 0 unspecified atom stereocenters. The van der Waals surface area contributed by atoms with Gasteiger partial charge in [-0.15, -0.1) is 0 Å². The highest BCUT2D eigenvalue weighted by molar-refractivity contribution is 5.50. The molecule has 0 saturated carbocycles. The Morgan fingerprint density at radius 1 is 1.42 bits per heavy atom. The van der Waals surface area contributed by atoms with Crippen LogP contribution in [0.5, 0.6) is 0 Å². The van der Waals surface area contributed by atoms with Crippen LogP contribution in [0.15, 0.2) is 12.3 Å². The summed E-state index contributed by atoms with van der Waals surface area (Å²) in [6.45, 7) is 6.11. The van der Waals surface area contributed by atoms with Gasteiger partial charge in [0.1, 0.15) is 12.0 Å². The molecule has 7 heteroatoms. The van der Waals surface area contributed by atoms with Crippen LogP contribution in [-0.2, 0) is 0 Å². The van der Waals surface area contributed by atoms with Crippen LogP contribution in [0.1, 0.15) is 5.56 Å². The molecule has 0 spiro atoms. The Labute approximate surface area is 111 Å². The summed E-state index contributed by atoms with van der Waals surface area (Å²) in [6.07, 6.45) is 1.31. The Hall–Kier alpha value is -1.73. The molecule has 1 aliphatic heterocycles. The van der Waals surface area contributed by atoms with Crippen molar-refractivity contribution < 1.29 is 10.0 Å². The van der Waals surface area contributed by atoms with Gasteiger partial charge in [0.25, 0.3) is 5.69 Å². The number of aliphatic hydroxyl groups is 1. The van der Waals surface area contributed by atoms with Gasteiger partial charge in [0.05, 0.1) is 11.5 Å². The first kappa shape index (κ1) is 13.7. The Bertz CT molecular complexity index is 458. The van der Waals surface area contributed by atoms with Gasteiger partial charge in [-0.25, -0.2) is 4.98 Å². The van der Waals surface area contributed by atoms with Gasteiger partial charge in [0, 0.05) is 38.8 Å². The normalized spacial score (nSPS) is 16.6. The summed E-state index contributed by atoms with van der Waals surface area (Å²) >= 11 is 0. The van der Waals surface area contributed by atoms with Crippen LogP contribution in [0.4, 0.5) is 11.5 Å². The fourth-order valence-electron chi connectivity index (χ4n) is 2.31. The fraction of sp³-hybridized carbons (Fsp3) is 0.583. The van der Waals surface area contributed by atoms with Crippen LogP contribution in [0.2, 0.25) is 0 Å². The third-order valence-corrected chi connectivity index (χ3v) is 3.34. The van der Waals surface area contributed by atoms with Crippen molar-refractivity contribution in [2.75, 3.05) is 44.2 Å². The maximum absolute atomic E-state index is 10.7. The van der Waals surface area contributed by atoms with E-state index in [0.717, 1.165) is 37.6 Å².